The zero-order valence-corrected chi connectivity index (χ0v) is 21.2. The number of aryl methyl sites for hydroxylation is 2. The van der Waals surface area contributed by atoms with E-state index < -0.39 is 0 Å². The molecule has 2 heterocycles. The molecule has 1 amide bonds. The second-order valence-electron chi connectivity index (χ2n) is 9.73. The molecule has 6 heteroatoms. The number of ether oxygens (including phenoxy) is 1. The Morgan fingerprint density at radius 2 is 1.86 bits per heavy atom. The summed E-state index contributed by atoms with van der Waals surface area (Å²) in [6.45, 7) is 7.53. The third-order valence-corrected chi connectivity index (χ3v) is 6.74. The minimum absolute atomic E-state index is 0.0527. The van der Waals surface area contributed by atoms with Gasteiger partial charge in [-0.3, -0.25) is 4.79 Å². The fraction of sp³-hybridized carbons (Fsp3) is 0.448. The highest BCUT2D eigenvalue weighted by atomic mass is 16.5. The van der Waals surface area contributed by atoms with Gasteiger partial charge < -0.3 is 19.1 Å². The van der Waals surface area contributed by atoms with Gasteiger partial charge in [0, 0.05) is 24.7 Å². The summed E-state index contributed by atoms with van der Waals surface area (Å²) >= 11 is 0. The molecule has 2 aromatic carbocycles. The molecule has 1 aromatic heterocycles. The van der Waals surface area contributed by atoms with E-state index in [1.54, 1.807) is 0 Å². The van der Waals surface area contributed by atoms with Crippen molar-refractivity contribution >= 4 is 5.91 Å². The number of fused-ring (bicyclic) bond motifs is 1. The predicted molar refractivity (Wildman–Crippen MR) is 138 cm³/mol. The summed E-state index contributed by atoms with van der Waals surface area (Å²) in [5.41, 5.74) is 4.58. The highest BCUT2D eigenvalue weighted by molar-refractivity contribution is 5.78. The SMILES string of the molecule is Cc1ccc2c(c1)CN(C)CCC(c1ccccc1)CCCN(C(=O)Cc1cc(C)no1)CCO2. The monoisotopic (exact) mass is 475 g/mol. The molecule has 0 aliphatic carbocycles. The fourth-order valence-corrected chi connectivity index (χ4v) is 4.84. The summed E-state index contributed by atoms with van der Waals surface area (Å²) in [4.78, 5) is 17.5. The Morgan fingerprint density at radius 3 is 2.63 bits per heavy atom. The van der Waals surface area contributed by atoms with E-state index in [9.17, 15) is 4.79 Å². The average Bonchev–Trinajstić information content (AvgIpc) is 3.25. The first-order chi connectivity index (χ1) is 17.0. The first-order valence-corrected chi connectivity index (χ1v) is 12.6. The molecule has 1 atom stereocenters. The van der Waals surface area contributed by atoms with Crippen LogP contribution in [-0.2, 0) is 17.8 Å². The van der Waals surface area contributed by atoms with Crippen molar-refractivity contribution in [3.05, 3.63) is 82.7 Å². The van der Waals surface area contributed by atoms with E-state index in [0.29, 0.717) is 31.4 Å². The average molecular weight is 476 g/mol. The van der Waals surface area contributed by atoms with Gasteiger partial charge in [-0.15, -0.1) is 0 Å². The minimum Gasteiger partial charge on any atom is -0.491 e. The Balaban J connectivity index is 1.53. The third kappa shape index (κ3) is 7.18. The summed E-state index contributed by atoms with van der Waals surface area (Å²) in [6, 6.07) is 19.0. The van der Waals surface area contributed by atoms with Gasteiger partial charge in [-0.25, -0.2) is 0 Å². The van der Waals surface area contributed by atoms with Crippen LogP contribution in [0.1, 0.15) is 53.3 Å². The van der Waals surface area contributed by atoms with Crippen molar-refractivity contribution < 1.29 is 14.1 Å². The molecule has 0 saturated carbocycles. The summed E-state index contributed by atoms with van der Waals surface area (Å²) in [5.74, 6) is 2.02. The highest BCUT2D eigenvalue weighted by Crippen LogP contribution is 2.27. The molecule has 1 unspecified atom stereocenters. The molecule has 0 saturated heterocycles. The van der Waals surface area contributed by atoms with Gasteiger partial charge in [0.05, 0.1) is 18.7 Å². The van der Waals surface area contributed by atoms with Crippen LogP contribution in [0.4, 0.5) is 0 Å². The van der Waals surface area contributed by atoms with Gasteiger partial charge in [0.25, 0.3) is 0 Å². The second kappa shape index (κ2) is 12.0. The molecule has 1 aliphatic rings. The van der Waals surface area contributed by atoms with Crippen LogP contribution in [0.5, 0.6) is 5.75 Å². The van der Waals surface area contributed by atoms with Crippen molar-refractivity contribution in [3.63, 3.8) is 0 Å². The minimum atomic E-state index is 0.0527. The summed E-state index contributed by atoms with van der Waals surface area (Å²) in [6.07, 6.45) is 3.29. The molecule has 6 nitrogen and oxygen atoms in total. The molecule has 0 bridgehead atoms. The van der Waals surface area contributed by atoms with Crippen molar-refractivity contribution in [2.24, 2.45) is 0 Å². The van der Waals surface area contributed by atoms with Crippen LogP contribution in [0.15, 0.2) is 59.1 Å². The Hall–Kier alpha value is -3.12. The van der Waals surface area contributed by atoms with E-state index in [0.717, 1.165) is 43.8 Å². The van der Waals surface area contributed by atoms with E-state index in [1.165, 1.54) is 16.7 Å². The molecule has 1 aliphatic heterocycles. The van der Waals surface area contributed by atoms with Crippen molar-refractivity contribution in [3.8, 4) is 5.75 Å². The van der Waals surface area contributed by atoms with Crippen molar-refractivity contribution in [2.45, 2.75) is 52.0 Å². The summed E-state index contributed by atoms with van der Waals surface area (Å²) in [5, 5.41) is 3.93. The molecule has 35 heavy (non-hydrogen) atoms. The third-order valence-electron chi connectivity index (χ3n) is 6.74. The van der Waals surface area contributed by atoms with Gasteiger partial charge >= 0.3 is 0 Å². The first kappa shape index (κ1) is 25.0. The molecular weight excluding hydrogens is 438 g/mol. The van der Waals surface area contributed by atoms with Crippen LogP contribution in [0.2, 0.25) is 0 Å². The Morgan fingerprint density at radius 1 is 1.03 bits per heavy atom. The van der Waals surface area contributed by atoms with Crippen LogP contribution < -0.4 is 4.74 Å². The lowest BCUT2D eigenvalue weighted by atomic mass is 9.91. The number of aromatic nitrogens is 1. The highest BCUT2D eigenvalue weighted by Gasteiger charge is 2.20. The molecule has 186 valence electrons. The predicted octanol–water partition coefficient (Wildman–Crippen LogP) is 5.14. The molecule has 4 rings (SSSR count). The molecular formula is C29H37N3O3. The number of carbonyl (C=O) groups excluding carboxylic acids is 1. The van der Waals surface area contributed by atoms with Crippen molar-refractivity contribution in [1.82, 2.24) is 15.0 Å². The van der Waals surface area contributed by atoms with Gasteiger partial charge in [0.1, 0.15) is 18.1 Å². The van der Waals surface area contributed by atoms with E-state index >= 15 is 0 Å². The zero-order chi connectivity index (χ0) is 24.6. The quantitative estimate of drug-likeness (QED) is 0.525. The molecule has 0 spiro atoms. The number of carbonyl (C=O) groups is 1. The fourth-order valence-electron chi connectivity index (χ4n) is 4.84. The van der Waals surface area contributed by atoms with Crippen LogP contribution in [0.3, 0.4) is 0 Å². The molecule has 0 fully saturated rings. The Bertz CT molecular complexity index is 1100. The van der Waals surface area contributed by atoms with Gasteiger partial charge in [-0.2, -0.15) is 0 Å². The lowest BCUT2D eigenvalue weighted by molar-refractivity contribution is -0.131. The summed E-state index contributed by atoms with van der Waals surface area (Å²) < 4.78 is 11.5. The smallest absolute Gasteiger partial charge is 0.230 e. The van der Waals surface area contributed by atoms with Crippen LogP contribution >= 0.6 is 0 Å². The number of nitrogens with zero attached hydrogens (tertiary/aromatic N) is 3. The number of benzene rings is 2. The standard InChI is InChI=1S/C29H37N3O3/c1-22-11-12-28-26(18-22)21-31(3)15-13-25(24-8-5-4-6-9-24)10-7-14-32(16-17-34-28)29(33)20-27-19-23(2)30-35-27/h4-6,8-9,11-12,18-19,25H,7,10,13-17,20-21H2,1-3H3. The maximum atomic E-state index is 13.2. The van der Waals surface area contributed by atoms with E-state index in [1.807, 2.05) is 17.9 Å². The lowest BCUT2D eigenvalue weighted by Gasteiger charge is -2.27. The Kier molecular flexibility index (Phi) is 8.59. The molecule has 0 N–H and O–H groups in total. The first-order valence-electron chi connectivity index (χ1n) is 12.6. The lowest BCUT2D eigenvalue weighted by Crippen LogP contribution is -2.37. The Labute approximate surface area is 208 Å². The second-order valence-corrected chi connectivity index (χ2v) is 9.73. The van der Waals surface area contributed by atoms with Gasteiger partial charge in [-0.05, 0) is 64.3 Å². The van der Waals surface area contributed by atoms with Gasteiger partial charge in [-0.1, -0.05) is 53.2 Å². The van der Waals surface area contributed by atoms with Gasteiger partial charge in [0.15, 0.2) is 0 Å². The number of amides is 1. The molecule has 0 radical (unpaired) electrons. The van der Waals surface area contributed by atoms with Crippen LogP contribution in [0, 0.1) is 13.8 Å². The zero-order valence-electron chi connectivity index (χ0n) is 21.2. The topological polar surface area (TPSA) is 58.8 Å². The van der Waals surface area contributed by atoms with Crippen molar-refractivity contribution in [2.75, 3.05) is 33.3 Å². The molecule has 3 aromatic rings. The number of rotatable bonds is 3. The van der Waals surface area contributed by atoms with E-state index in [-0.39, 0.29) is 12.3 Å². The van der Waals surface area contributed by atoms with Crippen LogP contribution in [0.25, 0.3) is 0 Å². The maximum absolute atomic E-state index is 13.2. The van der Waals surface area contributed by atoms with E-state index in [4.69, 9.17) is 9.26 Å². The van der Waals surface area contributed by atoms with Crippen molar-refractivity contribution in [1.29, 1.82) is 0 Å². The number of hydrogen-bond acceptors (Lipinski definition) is 5. The van der Waals surface area contributed by atoms with Crippen LogP contribution in [-0.4, -0.2) is 54.2 Å². The maximum Gasteiger partial charge on any atom is 0.230 e. The normalized spacial score (nSPS) is 18.4. The number of hydrogen-bond donors (Lipinski definition) is 0. The van der Waals surface area contributed by atoms with E-state index in [2.05, 4.69) is 72.6 Å². The van der Waals surface area contributed by atoms with Gasteiger partial charge in [0.2, 0.25) is 5.91 Å². The summed E-state index contributed by atoms with van der Waals surface area (Å²) in [7, 11) is 2.19. The largest absolute Gasteiger partial charge is 0.491 e.